The molecule has 0 aromatic carbocycles. The number of alkyl halides is 2. The van der Waals surface area contributed by atoms with Crippen LogP contribution in [0.1, 0.15) is 65.4 Å². The van der Waals surface area contributed by atoms with Crippen LogP contribution in [0, 0.1) is 0 Å². The second kappa shape index (κ2) is 7.78. The molecule has 1 fully saturated rings. The van der Waals surface area contributed by atoms with Crippen molar-refractivity contribution >= 4 is 29.0 Å². The normalized spacial score (nSPS) is 15.2. The second-order valence-electron chi connectivity index (χ2n) is 6.78. The van der Waals surface area contributed by atoms with Crippen LogP contribution in [0.2, 0.25) is 0 Å². The van der Waals surface area contributed by atoms with Crippen LogP contribution in [0.3, 0.4) is 0 Å². The predicted octanol–water partition coefficient (Wildman–Crippen LogP) is 3.77. The Morgan fingerprint density at radius 1 is 1.43 bits per heavy atom. The SMILES string of the molecule is CCOC(=O)c1nc(C(N)=O)c(-c2cnc(NC3(C)CCC3)cc2C(F)F)s1. The van der Waals surface area contributed by atoms with Gasteiger partial charge in [0.05, 0.1) is 11.5 Å². The smallest absolute Gasteiger partial charge is 0.367 e. The number of thiazole rings is 1. The van der Waals surface area contributed by atoms with Gasteiger partial charge in [0, 0.05) is 22.9 Å². The number of amides is 1. The van der Waals surface area contributed by atoms with Crippen LogP contribution in [0.15, 0.2) is 12.3 Å². The molecule has 0 aliphatic heterocycles. The van der Waals surface area contributed by atoms with E-state index < -0.39 is 18.3 Å². The van der Waals surface area contributed by atoms with Gasteiger partial charge in [-0.2, -0.15) is 0 Å². The number of esters is 1. The molecule has 7 nitrogen and oxygen atoms in total. The lowest BCUT2D eigenvalue weighted by molar-refractivity contribution is 0.0526. The Bertz CT molecular complexity index is 912. The first kappa shape index (κ1) is 20.1. The molecule has 0 spiro atoms. The molecule has 3 N–H and O–H groups in total. The fourth-order valence-corrected chi connectivity index (χ4v) is 4.00. The second-order valence-corrected chi connectivity index (χ2v) is 7.78. The van der Waals surface area contributed by atoms with E-state index in [1.807, 2.05) is 6.92 Å². The summed E-state index contributed by atoms with van der Waals surface area (Å²) in [6.45, 7) is 3.74. The lowest BCUT2D eigenvalue weighted by atomic mass is 9.78. The van der Waals surface area contributed by atoms with Crippen molar-refractivity contribution in [2.75, 3.05) is 11.9 Å². The van der Waals surface area contributed by atoms with Crippen molar-refractivity contribution < 1.29 is 23.1 Å². The van der Waals surface area contributed by atoms with Crippen molar-refractivity contribution in [2.45, 2.75) is 45.1 Å². The van der Waals surface area contributed by atoms with Gasteiger partial charge in [-0.15, -0.1) is 11.3 Å². The third-order valence-corrected chi connectivity index (χ3v) is 5.68. The first-order valence-electron chi connectivity index (χ1n) is 8.78. The van der Waals surface area contributed by atoms with Gasteiger partial charge in [-0.1, -0.05) is 0 Å². The fraction of sp³-hybridized carbons (Fsp3) is 0.444. The number of anilines is 1. The van der Waals surface area contributed by atoms with E-state index in [9.17, 15) is 18.4 Å². The highest BCUT2D eigenvalue weighted by molar-refractivity contribution is 7.17. The van der Waals surface area contributed by atoms with Crippen LogP contribution in [0.4, 0.5) is 14.6 Å². The Morgan fingerprint density at radius 2 is 2.14 bits per heavy atom. The van der Waals surface area contributed by atoms with Gasteiger partial charge in [0.2, 0.25) is 5.01 Å². The third kappa shape index (κ3) is 3.96. The molecule has 1 aliphatic rings. The lowest BCUT2D eigenvalue weighted by Crippen LogP contribution is -2.41. The van der Waals surface area contributed by atoms with Gasteiger partial charge in [0.25, 0.3) is 12.3 Å². The summed E-state index contributed by atoms with van der Waals surface area (Å²) >= 11 is 0.775. The zero-order valence-electron chi connectivity index (χ0n) is 15.4. The van der Waals surface area contributed by atoms with Crippen LogP contribution in [-0.4, -0.2) is 34.0 Å². The Hall–Kier alpha value is -2.62. The van der Waals surface area contributed by atoms with Gasteiger partial charge < -0.3 is 15.8 Å². The highest BCUT2D eigenvalue weighted by atomic mass is 32.1. The number of carbonyl (C=O) groups excluding carboxylic acids is 2. The van der Waals surface area contributed by atoms with Gasteiger partial charge in [-0.05, 0) is 39.2 Å². The summed E-state index contributed by atoms with van der Waals surface area (Å²) in [5.41, 5.74) is 4.61. The minimum atomic E-state index is -2.82. The molecule has 0 atom stereocenters. The number of aromatic nitrogens is 2. The Kier molecular flexibility index (Phi) is 5.59. The van der Waals surface area contributed by atoms with E-state index in [0.717, 1.165) is 30.6 Å². The van der Waals surface area contributed by atoms with E-state index in [0.29, 0.717) is 5.82 Å². The molecule has 2 aromatic rings. The number of nitrogens with one attached hydrogen (secondary N) is 1. The average molecular weight is 410 g/mol. The van der Waals surface area contributed by atoms with Gasteiger partial charge >= 0.3 is 5.97 Å². The van der Waals surface area contributed by atoms with Gasteiger partial charge in [-0.25, -0.2) is 23.5 Å². The number of nitrogens with two attached hydrogens (primary N) is 1. The Balaban J connectivity index is 2.04. The minimum Gasteiger partial charge on any atom is -0.461 e. The maximum Gasteiger partial charge on any atom is 0.367 e. The molecule has 2 heterocycles. The summed E-state index contributed by atoms with van der Waals surface area (Å²) in [5, 5.41) is 3.05. The summed E-state index contributed by atoms with van der Waals surface area (Å²) in [5.74, 6) is -1.34. The molecule has 1 aliphatic carbocycles. The largest absolute Gasteiger partial charge is 0.461 e. The molecule has 0 radical (unpaired) electrons. The number of ether oxygens (including phenoxy) is 1. The summed E-state index contributed by atoms with van der Waals surface area (Å²) in [6.07, 6.45) is 1.37. The maximum absolute atomic E-state index is 13.8. The third-order valence-electron chi connectivity index (χ3n) is 4.61. The number of rotatable bonds is 7. The number of carbonyl (C=O) groups is 2. The van der Waals surface area contributed by atoms with Crippen molar-refractivity contribution in [3.05, 3.63) is 28.5 Å². The first-order valence-corrected chi connectivity index (χ1v) is 9.60. The Labute approximate surface area is 164 Å². The molecular formula is C18H20F2N4O3S. The number of nitrogens with zero attached hydrogens (tertiary/aromatic N) is 2. The van der Waals surface area contributed by atoms with E-state index in [-0.39, 0.29) is 38.9 Å². The molecule has 3 rings (SSSR count). The number of primary amides is 1. The van der Waals surface area contributed by atoms with Crippen molar-refractivity contribution in [1.29, 1.82) is 0 Å². The average Bonchev–Trinajstić information content (AvgIpc) is 3.06. The molecule has 2 aromatic heterocycles. The molecule has 0 unspecified atom stereocenters. The Morgan fingerprint density at radius 3 is 2.68 bits per heavy atom. The van der Waals surface area contributed by atoms with Crippen LogP contribution >= 0.6 is 11.3 Å². The van der Waals surface area contributed by atoms with Crippen LogP contribution < -0.4 is 11.1 Å². The lowest BCUT2D eigenvalue weighted by Gasteiger charge is -2.39. The van der Waals surface area contributed by atoms with E-state index in [1.54, 1.807) is 6.92 Å². The number of hydrogen-bond donors (Lipinski definition) is 2. The molecule has 10 heteroatoms. The highest BCUT2D eigenvalue weighted by Gasteiger charge is 2.32. The summed E-state index contributed by atoms with van der Waals surface area (Å²) in [6, 6.07) is 1.26. The molecule has 0 saturated heterocycles. The number of halogens is 2. The first-order chi connectivity index (χ1) is 13.2. The van der Waals surface area contributed by atoms with Crippen LogP contribution in [0.25, 0.3) is 10.4 Å². The topological polar surface area (TPSA) is 107 Å². The van der Waals surface area contributed by atoms with E-state index in [4.69, 9.17) is 10.5 Å². The van der Waals surface area contributed by atoms with Crippen molar-refractivity contribution in [3.8, 4) is 10.4 Å². The standard InChI is InChI=1S/C18H20F2N4O3S/c1-3-27-17(26)16-23-12(15(21)25)13(28-16)10-8-22-11(7-9(10)14(19)20)24-18(2)5-4-6-18/h7-8,14H,3-6H2,1-2H3,(H2,21,25)(H,22,24). The van der Waals surface area contributed by atoms with E-state index in [2.05, 4.69) is 15.3 Å². The van der Waals surface area contributed by atoms with Gasteiger partial charge in [-0.3, -0.25) is 4.79 Å². The monoisotopic (exact) mass is 410 g/mol. The summed E-state index contributed by atoms with van der Waals surface area (Å²) in [7, 11) is 0. The van der Waals surface area contributed by atoms with Crippen LogP contribution in [0.5, 0.6) is 0 Å². The van der Waals surface area contributed by atoms with E-state index in [1.165, 1.54) is 12.3 Å². The number of pyridine rings is 1. The number of hydrogen-bond acceptors (Lipinski definition) is 7. The molecular weight excluding hydrogens is 390 g/mol. The van der Waals surface area contributed by atoms with Crippen LogP contribution in [-0.2, 0) is 4.74 Å². The summed E-state index contributed by atoms with van der Waals surface area (Å²) in [4.78, 5) is 31.9. The van der Waals surface area contributed by atoms with Crippen molar-refractivity contribution in [3.63, 3.8) is 0 Å². The molecule has 0 bridgehead atoms. The minimum absolute atomic E-state index is 0.0150. The molecule has 28 heavy (non-hydrogen) atoms. The van der Waals surface area contributed by atoms with Gasteiger partial charge in [0.15, 0.2) is 0 Å². The van der Waals surface area contributed by atoms with Gasteiger partial charge in [0.1, 0.15) is 11.5 Å². The molecule has 150 valence electrons. The van der Waals surface area contributed by atoms with Crippen molar-refractivity contribution in [2.24, 2.45) is 5.73 Å². The predicted molar refractivity (Wildman–Crippen MR) is 101 cm³/mol. The zero-order chi connectivity index (χ0) is 20.5. The molecule has 1 amide bonds. The zero-order valence-corrected chi connectivity index (χ0v) is 16.2. The van der Waals surface area contributed by atoms with Crippen molar-refractivity contribution in [1.82, 2.24) is 9.97 Å². The summed E-state index contributed by atoms with van der Waals surface area (Å²) < 4.78 is 32.4. The maximum atomic E-state index is 13.8. The highest BCUT2D eigenvalue weighted by Crippen LogP contribution is 2.39. The van der Waals surface area contributed by atoms with E-state index >= 15 is 0 Å². The quantitative estimate of drug-likeness (QED) is 0.673. The fourth-order valence-electron chi connectivity index (χ4n) is 3.00. The molecule has 1 saturated carbocycles.